The Hall–Kier alpha value is -3.87. The third-order valence-electron chi connectivity index (χ3n) is 3.91. The van der Waals surface area contributed by atoms with E-state index in [1.165, 1.54) is 12.1 Å². The molecule has 3 rings (SSSR count). The lowest BCUT2D eigenvalue weighted by atomic mass is 10.1. The van der Waals surface area contributed by atoms with Crippen LogP contribution in [0.5, 0.6) is 0 Å². The summed E-state index contributed by atoms with van der Waals surface area (Å²) in [6.07, 6.45) is 0. The zero-order valence-electron chi connectivity index (χ0n) is 14.5. The van der Waals surface area contributed by atoms with Crippen LogP contribution in [-0.2, 0) is 0 Å². The highest BCUT2D eigenvalue weighted by molar-refractivity contribution is 6.05. The van der Waals surface area contributed by atoms with Gasteiger partial charge >= 0.3 is 0 Å². The number of azo groups is 1. The number of nitrogens with zero attached hydrogens (tertiary/aromatic N) is 3. The fourth-order valence-corrected chi connectivity index (χ4v) is 2.49. The number of nitro groups is 1. The molecule has 27 heavy (non-hydrogen) atoms. The molecular formula is C20H16N4O3. The third-order valence-corrected chi connectivity index (χ3v) is 3.91. The highest BCUT2D eigenvalue weighted by atomic mass is 16.6. The van der Waals surface area contributed by atoms with Crippen LogP contribution in [0.2, 0.25) is 0 Å². The van der Waals surface area contributed by atoms with Gasteiger partial charge in [-0.1, -0.05) is 24.3 Å². The molecule has 0 fully saturated rings. The highest BCUT2D eigenvalue weighted by Crippen LogP contribution is 2.23. The minimum atomic E-state index is -0.501. The molecule has 3 aromatic rings. The number of benzene rings is 3. The number of nitro benzene ring substituents is 1. The normalized spacial score (nSPS) is 10.7. The number of anilines is 1. The predicted octanol–water partition coefficient (Wildman–Crippen LogP) is 5.57. The SMILES string of the molecule is Cc1c(C(=O)Nc2ccc(N=Nc3ccccc3)cc2)cccc1[N+](=O)[O-]. The standard InChI is InChI=1S/C20H16N4O3/c1-14-18(8-5-9-19(14)24(26)27)20(25)21-15-10-12-17(13-11-15)23-22-16-6-3-2-4-7-16/h2-13H,1H3,(H,21,25). The van der Waals surface area contributed by atoms with E-state index < -0.39 is 10.8 Å². The van der Waals surface area contributed by atoms with Crippen LogP contribution in [0.15, 0.2) is 83.0 Å². The Balaban J connectivity index is 1.71. The van der Waals surface area contributed by atoms with Crippen LogP contribution in [0, 0.1) is 17.0 Å². The van der Waals surface area contributed by atoms with Gasteiger partial charge in [-0.3, -0.25) is 14.9 Å². The van der Waals surface area contributed by atoms with Crippen LogP contribution in [0.3, 0.4) is 0 Å². The topological polar surface area (TPSA) is 97.0 Å². The first-order valence-corrected chi connectivity index (χ1v) is 8.17. The Morgan fingerprint density at radius 3 is 2.15 bits per heavy atom. The molecule has 0 radical (unpaired) electrons. The number of rotatable bonds is 5. The average Bonchev–Trinajstić information content (AvgIpc) is 2.68. The summed E-state index contributed by atoms with van der Waals surface area (Å²) in [4.78, 5) is 22.9. The minimum Gasteiger partial charge on any atom is -0.322 e. The fraction of sp³-hybridized carbons (Fsp3) is 0.0500. The quantitative estimate of drug-likeness (QED) is 0.366. The molecule has 0 spiro atoms. The van der Waals surface area contributed by atoms with Crippen molar-refractivity contribution < 1.29 is 9.72 Å². The van der Waals surface area contributed by atoms with Gasteiger partial charge in [0.1, 0.15) is 0 Å². The van der Waals surface area contributed by atoms with Crippen LogP contribution in [-0.4, -0.2) is 10.8 Å². The molecule has 0 unspecified atom stereocenters. The summed E-state index contributed by atoms with van der Waals surface area (Å²) in [5.74, 6) is -0.408. The van der Waals surface area contributed by atoms with E-state index >= 15 is 0 Å². The van der Waals surface area contributed by atoms with Crippen LogP contribution < -0.4 is 5.32 Å². The van der Waals surface area contributed by atoms with Crippen molar-refractivity contribution in [2.75, 3.05) is 5.32 Å². The van der Waals surface area contributed by atoms with E-state index in [-0.39, 0.29) is 11.3 Å². The van der Waals surface area contributed by atoms with Gasteiger partial charge in [-0.15, -0.1) is 0 Å². The van der Waals surface area contributed by atoms with Gasteiger partial charge in [0, 0.05) is 22.9 Å². The molecule has 0 atom stereocenters. The van der Waals surface area contributed by atoms with Crippen LogP contribution in [0.1, 0.15) is 15.9 Å². The summed E-state index contributed by atoms with van der Waals surface area (Å²) in [6, 6.07) is 20.6. The molecule has 0 aromatic heterocycles. The Morgan fingerprint density at radius 1 is 0.889 bits per heavy atom. The lowest BCUT2D eigenvalue weighted by Gasteiger charge is -2.08. The van der Waals surface area contributed by atoms with Gasteiger partial charge in [0.2, 0.25) is 0 Å². The van der Waals surface area contributed by atoms with Crippen LogP contribution in [0.25, 0.3) is 0 Å². The van der Waals surface area contributed by atoms with Crippen molar-refractivity contribution in [3.05, 3.63) is 94.0 Å². The zero-order chi connectivity index (χ0) is 19.2. The second-order valence-electron chi connectivity index (χ2n) is 5.74. The Morgan fingerprint density at radius 2 is 1.52 bits per heavy atom. The maximum atomic E-state index is 12.4. The molecule has 0 saturated heterocycles. The first-order chi connectivity index (χ1) is 13.0. The van der Waals surface area contributed by atoms with Gasteiger partial charge in [-0.05, 0) is 49.4 Å². The van der Waals surface area contributed by atoms with Crippen molar-refractivity contribution in [1.29, 1.82) is 0 Å². The lowest BCUT2D eigenvalue weighted by Crippen LogP contribution is -2.14. The third kappa shape index (κ3) is 4.40. The number of nitrogens with one attached hydrogen (secondary N) is 1. The monoisotopic (exact) mass is 360 g/mol. The summed E-state index contributed by atoms with van der Waals surface area (Å²) < 4.78 is 0. The second kappa shape index (κ2) is 8.01. The second-order valence-corrected chi connectivity index (χ2v) is 5.74. The predicted molar refractivity (Wildman–Crippen MR) is 103 cm³/mol. The molecule has 0 aliphatic heterocycles. The first kappa shape index (κ1) is 17.9. The van der Waals surface area contributed by atoms with E-state index in [9.17, 15) is 14.9 Å². The summed E-state index contributed by atoms with van der Waals surface area (Å²) in [5.41, 5.74) is 2.45. The van der Waals surface area contributed by atoms with Crippen molar-refractivity contribution in [3.8, 4) is 0 Å². The smallest absolute Gasteiger partial charge is 0.273 e. The molecule has 0 aliphatic carbocycles. The Labute approximate surface area is 155 Å². The Kier molecular flexibility index (Phi) is 5.32. The van der Waals surface area contributed by atoms with Gasteiger partial charge in [-0.2, -0.15) is 10.2 Å². The van der Waals surface area contributed by atoms with E-state index in [0.29, 0.717) is 16.9 Å². The van der Waals surface area contributed by atoms with Gasteiger partial charge < -0.3 is 5.32 Å². The van der Waals surface area contributed by atoms with E-state index in [4.69, 9.17) is 0 Å². The van der Waals surface area contributed by atoms with Crippen LogP contribution in [0.4, 0.5) is 22.7 Å². The fourth-order valence-electron chi connectivity index (χ4n) is 2.49. The largest absolute Gasteiger partial charge is 0.322 e. The van der Waals surface area contributed by atoms with Crippen molar-refractivity contribution in [3.63, 3.8) is 0 Å². The van der Waals surface area contributed by atoms with Gasteiger partial charge in [0.15, 0.2) is 0 Å². The minimum absolute atomic E-state index is 0.0840. The molecule has 7 nitrogen and oxygen atoms in total. The molecule has 0 aliphatic rings. The van der Waals surface area contributed by atoms with Gasteiger partial charge in [0.25, 0.3) is 11.6 Å². The Bertz CT molecular complexity index is 999. The number of carbonyl (C=O) groups excluding carboxylic acids is 1. The van der Waals surface area contributed by atoms with E-state index in [0.717, 1.165) is 5.69 Å². The summed E-state index contributed by atoms with van der Waals surface area (Å²) in [5, 5.41) is 22.0. The van der Waals surface area contributed by atoms with Crippen molar-refractivity contribution >= 4 is 28.7 Å². The molecule has 1 amide bonds. The molecule has 134 valence electrons. The number of amides is 1. The highest BCUT2D eigenvalue weighted by Gasteiger charge is 2.17. The van der Waals surface area contributed by atoms with Crippen molar-refractivity contribution in [1.82, 2.24) is 0 Å². The van der Waals surface area contributed by atoms with Gasteiger partial charge in [-0.25, -0.2) is 0 Å². The zero-order valence-corrected chi connectivity index (χ0v) is 14.5. The van der Waals surface area contributed by atoms with E-state index in [1.807, 2.05) is 30.3 Å². The number of hydrogen-bond donors (Lipinski definition) is 1. The first-order valence-electron chi connectivity index (χ1n) is 8.17. The molecule has 0 heterocycles. The molecule has 3 aromatic carbocycles. The molecule has 0 saturated carbocycles. The molecular weight excluding hydrogens is 344 g/mol. The van der Waals surface area contributed by atoms with E-state index in [1.54, 1.807) is 37.3 Å². The maximum absolute atomic E-state index is 12.4. The lowest BCUT2D eigenvalue weighted by molar-refractivity contribution is -0.385. The molecule has 1 N–H and O–H groups in total. The summed E-state index contributed by atoms with van der Waals surface area (Å²) in [7, 11) is 0. The average molecular weight is 360 g/mol. The maximum Gasteiger partial charge on any atom is 0.273 e. The number of hydrogen-bond acceptors (Lipinski definition) is 5. The van der Waals surface area contributed by atoms with Crippen molar-refractivity contribution in [2.45, 2.75) is 6.92 Å². The van der Waals surface area contributed by atoms with Crippen LogP contribution >= 0.6 is 0 Å². The van der Waals surface area contributed by atoms with E-state index in [2.05, 4.69) is 15.5 Å². The summed E-state index contributed by atoms with van der Waals surface area (Å²) in [6.45, 7) is 1.56. The molecule has 0 bridgehead atoms. The van der Waals surface area contributed by atoms with Gasteiger partial charge in [0.05, 0.1) is 16.3 Å². The number of carbonyl (C=O) groups is 1. The van der Waals surface area contributed by atoms with Crippen molar-refractivity contribution in [2.24, 2.45) is 10.2 Å². The molecule has 7 heteroatoms. The summed E-state index contributed by atoms with van der Waals surface area (Å²) >= 11 is 0.